The molecule has 0 atom stereocenters. The van der Waals surface area contributed by atoms with E-state index in [0.717, 1.165) is 18.6 Å². The van der Waals surface area contributed by atoms with E-state index in [1.165, 1.54) is 6.07 Å². The van der Waals surface area contributed by atoms with E-state index in [2.05, 4.69) is 22.1 Å². The zero-order chi connectivity index (χ0) is 19.1. The molecule has 0 aliphatic rings. The molecule has 1 amide bonds. The van der Waals surface area contributed by atoms with Gasteiger partial charge in [0, 0.05) is 35.0 Å². The van der Waals surface area contributed by atoms with Crippen LogP contribution in [0.3, 0.4) is 0 Å². The third-order valence-corrected chi connectivity index (χ3v) is 3.56. The van der Waals surface area contributed by atoms with Crippen molar-refractivity contribution in [2.24, 2.45) is 16.0 Å². The molecule has 0 aromatic heterocycles. The van der Waals surface area contributed by atoms with Crippen molar-refractivity contribution in [2.45, 2.75) is 13.3 Å². The fourth-order valence-electron chi connectivity index (χ4n) is 2.33. The highest BCUT2D eigenvalue weighted by molar-refractivity contribution is 5.85. The van der Waals surface area contributed by atoms with Crippen molar-refractivity contribution in [1.82, 2.24) is 5.32 Å². The van der Waals surface area contributed by atoms with E-state index in [-0.39, 0.29) is 29.4 Å². The van der Waals surface area contributed by atoms with Crippen molar-refractivity contribution in [2.75, 3.05) is 13.1 Å². The molecule has 0 bridgehead atoms. The first kappa shape index (κ1) is 19.2. The predicted octanol–water partition coefficient (Wildman–Crippen LogP) is 4.17. The van der Waals surface area contributed by atoms with Crippen molar-refractivity contribution in [1.29, 1.82) is 0 Å². The first-order valence-electron chi connectivity index (χ1n) is 8.11. The van der Waals surface area contributed by atoms with Gasteiger partial charge < -0.3 is 11.1 Å². The molecular formula is C19H20F2N4O. The summed E-state index contributed by atoms with van der Waals surface area (Å²) in [5, 5.41) is 10.6. The van der Waals surface area contributed by atoms with Gasteiger partial charge in [0.2, 0.25) is 5.91 Å². The molecule has 26 heavy (non-hydrogen) atoms. The zero-order valence-electron chi connectivity index (χ0n) is 14.4. The van der Waals surface area contributed by atoms with Crippen molar-refractivity contribution in [3.8, 4) is 11.1 Å². The van der Waals surface area contributed by atoms with Gasteiger partial charge in [-0.25, -0.2) is 8.78 Å². The van der Waals surface area contributed by atoms with Gasteiger partial charge >= 0.3 is 0 Å². The van der Waals surface area contributed by atoms with E-state index in [9.17, 15) is 13.6 Å². The molecule has 0 saturated heterocycles. The van der Waals surface area contributed by atoms with Crippen LogP contribution in [0.1, 0.15) is 18.9 Å². The maximum atomic E-state index is 14.2. The highest BCUT2D eigenvalue weighted by Gasteiger charge is 2.15. The number of hydrogen-bond donors (Lipinski definition) is 2. The second-order valence-corrected chi connectivity index (χ2v) is 5.60. The molecule has 0 fully saturated rings. The third-order valence-electron chi connectivity index (χ3n) is 3.56. The first-order valence-corrected chi connectivity index (χ1v) is 8.11. The molecule has 0 saturated carbocycles. The van der Waals surface area contributed by atoms with Crippen LogP contribution in [-0.4, -0.2) is 19.0 Å². The molecule has 0 spiro atoms. The Morgan fingerprint density at radius 2 is 2.00 bits per heavy atom. The molecule has 0 aliphatic carbocycles. The average Bonchev–Trinajstić information content (AvgIpc) is 2.60. The second-order valence-electron chi connectivity index (χ2n) is 5.60. The van der Waals surface area contributed by atoms with Crippen LogP contribution in [0.2, 0.25) is 0 Å². The SMILES string of the molecule is C=C(N)c1cccc(-c2ccc(F)cc2F)c1N=NCC(=O)NCCC. The van der Waals surface area contributed by atoms with Crippen molar-refractivity contribution >= 4 is 17.3 Å². The maximum Gasteiger partial charge on any atom is 0.243 e. The lowest BCUT2D eigenvalue weighted by molar-refractivity contribution is -0.119. The molecule has 0 unspecified atom stereocenters. The van der Waals surface area contributed by atoms with Crippen molar-refractivity contribution in [3.63, 3.8) is 0 Å². The Morgan fingerprint density at radius 1 is 1.23 bits per heavy atom. The van der Waals surface area contributed by atoms with Gasteiger partial charge in [-0.15, -0.1) is 0 Å². The number of carbonyl (C=O) groups excluding carboxylic acids is 1. The first-order chi connectivity index (χ1) is 12.4. The Kier molecular flexibility index (Phi) is 6.54. The summed E-state index contributed by atoms with van der Waals surface area (Å²) in [6.45, 7) is 6.01. The normalized spacial score (nSPS) is 10.9. The Morgan fingerprint density at radius 3 is 2.65 bits per heavy atom. The average molecular weight is 358 g/mol. The molecule has 2 aromatic carbocycles. The molecule has 0 heterocycles. The van der Waals surface area contributed by atoms with Gasteiger partial charge in [0.1, 0.15) is 23.9 Å². The third kappa shape index (κ3) is 4.72. The number of hydrogen-bond acceptors (Lipinski definition) is 4. The van der Waals surface area contributed by atoms with Crippen LogP contribution < -0.4 is 11.1 Å². The fourth-order valence-corrected chi connectivity index (χ4v) is 2.33. The summed E-state index contributed by atoms with van der Waals surface area (Å²) >= 11 is 0. The lowest BCUT2D eigenvalue weighted by Gasteiger charge is -2.11. The number of benzene rings is 2. The van der Waals surface area contributed by atoms with Gasteiger partial charge in [0.05, 0.1) is 0 Å². The van der Waals surface area contributed by atoms with Gasteiger partial charge in [-0.05, 0) is 18.6 Å². The standard InChI is InChI=1S/C19H20F2N4O/c1-3-9-23-18(26)11-24-25-19-14(12(2)22)5-4-6-16(19)15-8-7-13(20)10-17(15)21/h4-8,10H,2-3,9,11,22H2,1H3,(H,23,26). The minimum atomic E-state index is -0.734. The molecule has 0 aliphatic heterocycles. The number of halogens is 2. The molecule has 7 heteroatoms. The largest absolute Gasteiger partial charge is 0.399 e. The minimum Gasteiger partial charge on any atom is -0.399 e. The number of carbonyl (C=O) groups is 1. The van der Waals surface area contributed by atoms with Crippen LogP contribution in [0.25, 0.3) is 16.8 Å². The molecule has 2 rings (SSSR count). The monoisotopic (exact) mass is 358 g/mol. The Bertz CT molecular complexity index is 849. The Balaban J connectivity index is 2.42. The predicted molar refractivity (Wildman–Crippen MR) is 97.7 cm³/mol. The van der Waals surface area contributed by atoms with Crippen LogP contribution in [0.15, 0.2) is 53.2 Å². The number of nitrogens with two attached hydrogens (primary N) is 1. The molecule has 2 aromatic rings. The quantitative estimate of drug-likeness (QED) is 0.729. The highest BCUT2D eigenvalue weighted by atomic mass is 19.1. The van der Waals surface area contributed by atoms with E-state index >= 15 is 0 Å². The zero-order valence-corrected chi connectivity index (χ0v) is 14.4. The summed E-state index contributed by atoms with van der Waals surface area (Å²) < 4.78 is 27.4. The van der Waals surface area contributed by atoms with Crippen molar-refractivity contribution < 1.29 is 13.6 Å². The van der Waals surface area contributed by atoms with Gasteiger partial charge in [-0.1, -0.05) is 31.7 Å². The van der Waals surface area contributed by atoms with Crippen LogP contribution in [0.5, 0.6) is 0 Å². The Labute approximate surface area is 150 Å². The van der Waals surface area contributed by atoms with Gasteiger partial charge in [0.15, 0.2) is 0 Å². The Hall–Kier alpha value is -3.09. The molecule has 3 N–H and O–H groups in total. The maximum absolute atomic E-state index is 14.2. The number of nitrogens with one attached hydrogen (secondary N) is 1. The lowest BCUT2D eigenvalue weighted by Crippen LogP contribution is -2.25. The molecule has 136 valence electrons. The number of azo groups is 1. The van der Waals surface area contributed by atoms with Crippen LogP contribution >= 0.6 is 0 Å². The second kappa shape index (κ2) is 8.84. The topological polar surface area (TPSA) is 79.8 Å². The number of amides is 1. The lowest BCUT2D eigenvalue weighted by atomic mass is 9.98. The number of rotatable bonds is 7. The number of nitrogens with zero attached hydrogens (tertiary/aromatic N) is 2. The molecule has 5 nitrogen and oxygen atoms in total. The summed E-state index contributed by atoms with van der Waals surface area (Å²) in [5.41, 5.74) is 7.28. The van der Waals surface area contributed by atoms with Crippen LogP contribution in [0, 0.1) is 11.6 Å². The summed E-state index contributed by atoms with van der Waals surface area (Å²) in [6, 6.07) is 8.21. The van der Waals surface area contributed by atoms with E-state index in [0.29, 0.717) is 17.7 Å². The van der Waals surface area contributed by atoms with Gasteiger partial charge in [0.25, 0.3) is 0 Å². The van der Waals surface area contributed by atoms with E-state index in [1.807, 2.05) is 6.92 Å². The summed E-state index contributed by atoms with van der Waals surface area (Å²) in [6.07, 6.45) is 0.812. The minimum absolute atomic E-state index is 0.152. The fraction of sp³-hybridized carbons (Fsp3) is 0.211. The van der Waals surface area contributed by atoms with Crippen LogP contribution in [0.4, 0.5) is 14.5 Å². The van der Waals surface area contributed by atoms with E-state index < -0.39 is 11.6 Å². The summed E-state index contributed by atoms with van der Waals surface area (Å²) in [5.74, 6) is -1.68. The van der Waals surface area contributed by atoms with Crippen molar-refractivity contribution in [3.05, 3.63) is 60.2 Å². The highest BCUT2D eigenvalue weighted by Crippen LogP contribution is 2.37. The van der Waals surface area contributed by atoms with Crippen LogP contribution in [-0.2, 0) is 4.79 Å². The molecular weight excluding hydrogens is 338 g/mol. The van der Waals surface area contributed by atoms with E-state index in [4.69, 9.17) is 5.73 Å². The van der Waals surface area contributed by atoms with Gasteiger partial charge in [-0.3, -0.25) is 4.79 Å². The summed E-state index contributed by atoms with van der Waals surface area (Å²) in [4.78, 5) is 11.6. The smallest absolute Gasteiger partial charge is 0.243 e. The van der Waals surface area contributed by atoms with Gasteiger partial charge in [-0.2, -0.15) is 10.2 Å². The summed E-state index contributed by atoms with van der Waals surface area (Å²) in [7, 11) is 0. The molecule has 0 radical (unpaired) electrons. The van der Waals surface area contributed by atoms with E-state index in [1.54, 1.807) is 18.2 Å².